The topological polar surface area (TPSA) is 79.4 Å². The number of rotatable bonds is 5. The lowest BCUT2D eigenvalue weighted by Crippen LogP contribution is -2.29. The first kappa shape index (κ1) is 12.5. The lowest BCUT2D eigenvalue weighted by molar-refractivity contribution is -0.122. The number of amides is 1. The fourth-order valence-electron chi connectivity index (χ4n) is 1.90. The smallest absolute Gasteiger partial charge is 0.243 e. The molecule has 0 saturated heterocycles. The Bertz CT molecular complexity index is 490. The van der Waals surface area contributed by atoms with Crippen LogP contribution in [0.15, 0.2) is 18.2 Å². The first-order valence-electron chi connectivity index (χ1n) is 5.56. The fraction of sp³-hybridized carbons (Fsp3) is 0.333. The van der Waals surface area contributed by atoms with Crippen molar-refractivity contribution in [2.75, 3.05) is 19.8 Å². The molecule has 2 rings (SSSR count). The van der Waals surface area contributed by atoms with E-state index in [2.05, 4.69) is 0 Å². The monoisotopic (exact) mass is 251 g/mol. The van der Waals surface area contributed by atoms with E-state index in [1.54, 1.807) is 11.0 Å². The van der Waals surface area contributed by atoms with E-state index in [4.69, 9.17) is 15.9 Å². The first-order valence-corrected chi connectivity index (χ1v) is 5.56. The van der Waals surface area contributed by atoms with E-state index in [0.717, 1.165) is 5.56 Å². The lowest BCUT2D eigenvalue weighted by atomic mass is 10.1. The Morgan fingerprint density at radius 3 is 3.06 bits per heavy atom. The van der Waals surface area contributed by atoms with Gasteiger partial charge in [-0.3, -0.25) is 10.2 Å². The molecule has 0 aliphatic carbocycles. The third kappa shape index (κ3) is 2.65. The van der Waals surface area contributed by atoms with Crippen LogP contribution in [0.1, 0.15) is 11.1 Å². The summed E-state index contributed by atoms with van der Waals surface area (Å²) in [6.07, 6.45) is 0. The lowest BCUT2D eigenvalue weighted by Gasteiger charge is -2.17. The summed E-state index contributed by atoms with van der Waals surface area (Å²) in [5.74, 6) is -0.575. The second kappa shape index (κ2) is 5.14. The Balaban J connectivity index is 1.91. The maximum absolute atomic E-state index is 13.1. The second-order valence-electron chi connectivity index (χ2n) is 4.09. The van der Waals surface area contributed by atoms with Gasteiger partial charge in [0.15, 0.2) is 0 Å². The highest BCUT2D eigenvalue weighted by molar-refractivity contribution is 6.00. The molecule has 1 aromatic carbocycles. The number of nitrogens with two attached hydrogens (primary N) is 1. The van der Waals surface area contributed by atoms with Crippen LogP contribution in [0.2, 0.25) is 0 Å². The van der Waals surface area contributed by atoms with E-state index in [1.165, 1.54) is 12.1 Å². The van der Waals surface area contributed by atoms with Crippen molar-refractivity contribution >= 4 is 11.7 Å². The molecule has 5 nitrogen and oxygen atoms in total. The van der Waals surface area contributed by atoms with Crippen LogP contribution < -0.4 is 5.73 Å². The van der Waals surface area contributed by atoms with Crippen LogP contribution in [0.25, 0.3) is 0 Å². The van der Waals surface area contributed by atoms with Gasteiger partial charge in [-0.1, -0.05) is 6.07 Å². The molecule has 1 aliphatic heterocycles. The molecule has 0 radical (unpaired) electrons. The number of hydrogen-bond acceptors (Lipinski definition) is 3. The minimum absolute atomic E-state index is 0.122. The van der Waals surface area contributed by atoms with E-state index in [-0.39, 0.29) is 18.3 Å². The summed E-state index contributed by atoms with van der Waals surface area (Å²) in [4.78, 5) is 12.2. The van der Waals surface area contributed by atoms with Crippen molar-refractivity contribution in [2.24, 2.45) is 5.73 Å². The van der Waals surface area contributed by atoms with Crippen molar-refractivity contribution in [1.29, 1.82) is 5.41 Å². The Labute approximate surface area is 104 Å². The number of benzene rings is 1. The predicted molar refractivity (Wildman–Crippen MR) is 63.7 cm³/mol. The molecular formula is C12H14FN3O2. The quantitative estimate of drug-likeness (QED) is 0.746. The van der Waals surface area contributed by atoms with Crippen LogP contribution >= 0.6 is 0 Å². The first-order chi connectivity index (χ1) is 8.58. The molecule has 0 aromatic heterocycles. The number of carbonyl (C=O) groups excluding carboxylic acids is 1. The van der Waals surface area contributed by atoms with Crippen molar-refractivity contribution < 1.29 is 13.9 Å². The molecule has 1 aromatic rings. The standard InChI is InChI=1S/C12H14FN3O2/c13-9-2-1-8-6-16(12(15)10(8)5-9)3-4-18-7-11(14)17/h1-2,5,15H,3-4,6-7H2,(H2,14,17). The van der Waals surface area contributed by atoms with Gasteiger partial charge in [0, 0.05) is 18.7 Å². The van der Waals surface area contributed by atoms with Crippen molar-refractivity contribution in [3.63, 3.8) is 0 Å². The van der Waals surface area contributed by atoms with Crippen molar-refractivity contribution in [3.8, 4) is 0 Å². The van der Waals surface area contributed by atoms with Gasteiger partial charge in [-0.2, -0.15) is 0 Å². The maximum Gasteiger partial charge on any atom is 0.243 e. The molecule has 18 heavy (non-hydrogen) atoms. The molecule has 1 amide bonds. The molecule has 0 bridgehead atoms. The van der Waals surface area contributed by atoms with Crippen LogP contribution in [0, 0.1) is 11.2 Å². The highest BCUT2D eigenvalue weighted by Crippen LogP contribution is 2.22. The SMILES string of the molecule is N=C1c2cc(F)ccc2CN1CCOCC(N)=O. The van der Waals surface area contributed by atoms with Crippen LogP contribution in [0.4, 0.5) is 4.39 Å². The molecular weight excluding hydrogens is 237 g/mol. The predicted octanol–water partition coefficient (Wildman–Crippen LogP) is 0.469. The third-order valence-electron chi connectivity index (χ3n) is 2.75. The number of nitrogens with zero attached hydrogens (tertiary/aromatic N) is 1. The van der Waals surface area contributed by atoms with E-state index < -0.39 is 5.91 Å². The van der Waals surface area contributed by atoms with Crippen LogP contribution in [-0.2, 0) is 16.1 Å². The summed E-state index contributed by atoms with van der Waals surface area (Å²) in [6.45, 7) is 1.22. The molecule has 1 aliphatic rings. The number of halogens is 1. The van der Waals surface area contributed by atoms with Crippen LogP contribution in [0.5, 0.6) is 0 Å². The van der Waals surface area contributed by atoms with E-state index >= 15 is 0 Å². The number of ether oxygens (including phenoxy) is 1. The molecule has 0 fully saturated rings. The molecule has 96 valence electrons. The Morgan fingerprint density at radius 2 is 2.33 bits per heavy atom. The summed E-state index contributed by atoms with van der Waals surface area (Å²) < 4.78 is 18.1. The van der Waals surface area contributed by atoms with Gasteiger partial charge in [0.25, 0.3) is 0 Å². The van der Waals surface area contributed by atoms with Gasteiger partial charge in [-0.25, -0.2) is 4.39 Å². The van der Waals surface area contributed by atoms with E-state index in [0.29, 0.717) is 25.3 Å². The number of carbonyl (C=O) groups is 1. The Hall–Kier alpha value is -1.95. The summed E-state index contributed by atoms with van der Waals surface area (Å²) >= 11 is 0. The van der Waals surface area contributed by atoms with Crippen LogP contribution in [0.3, 0.4) is 0 Å². The van der Waals surface area contributed by atoms with Gasteiger partial charge >= 0.3 is 0 Å². The number of primary amides is 1. The van der Waals surface area contributed by atoms with Gasteiger partial charge in [-0.15, -0.1) is 0 Å². The van der Waals surface area contributed by atoms with E-state index in [1.807, 2.05) is 0 Å². The summed E-state index contributed by atoms with van der Waals surface area (Å²) in [5.41, 5.74) is 6.48. The summed E-state index contributed by atoms with van der Waals surface area (Å²) in [6, 6.07) is 4.44. The molecule has 1 heterocycles. The fourth-order valence-corrected chi connectivity index (χ4v) is 1.90. The van der Waals surface area contributed by atoms with Gasteiger partial charge in [0.2, 0.25) is 5.91 Å². The Morgan fingerprint density at radius 1 is 1.56 bits per heavy atom. The number of fused-ring (bicyclic) bond motifs is 1. The van der Waals surface area contributed by atoms with Crippen molar-refractivity contribution in [3.05, 3.63) is 35.1 Å². The van der Waals surface area contributed by atoms with Crippen molar-refractivity contribution in [2.45, 2.75) is 6.54 Å². The van der Waals surface area contributed by atoms with E-state index in [9.17, 15) is 9.18 Å². The van der Waals surface area contributed by atoms with Gasteiger partial charge < -0.3 is 15.4 Å². The molecule has 6 heteroatoms. The average Bonchev–Trinajstić information content (AvgIpc) is 2.62. The van der Waals surface area contributed by atoms with Crippen molar-refractivity contribution in [1.82, 2.24) is 4.90 Å². The molecule has 0 atom stereocenters. The molecule has 3 N–H and O–H groups in total. The molecule has 0 saturated carbocycles. The average molecular weight is 251 g/mol. The van der Waals surface area contributed by atoms with Gasteiger partial charge in [0.1, 0.15) is 18.3 Å². The number of amidine groups is 1. The largest absolute Gasteiger partial charge is 0.370 e. The Kier molecular flexibility index (Phi) is 3.57. The minimum Gasteiger partial charge on any atom is -0.370 e. The number of nitrogens with one attached hydrogen (secondary N) is 1. The molecule has 0 unspecified atom stereocenters. The normalized spacial score (nSPS) is 13.8. The zero-order chi connectivity index (χ0) is 13.1. The van der Waals surface area contributed by atoms with Crippen LogP contribution in [-0.4, -0.2) is 36.4 Å². The van der Waals surface area contributed by atoms with Gasteiger partial charge in [-0.05, 0) is 17.7 Å². The third-order valence-corrected chi connectivity index (χ3v) is 2.75. The minimum atomic E-state index is -0.517. The van der Waals surface area contributed by atoms with Gasteiger partial charge in [0.05, 0.1) is 6.61 Å². The number of hydrogen-bond donors (Lipinski definition) is 2. The zero-order valence-corrected chi connectivity index (χ0v) is 9.78. The summed E-state index contributed by atoms with van der Waals surface area (Å²) in [5, 5.41) is 7.92. The maximum atomic E-state index is 13.1. The molecule has 0 spiro atoms. The highest BCUT2D eigenvalue weighted by atomic mass is 19.1. The highest BCUT2D eigenvalue weighted by Gasteiger charge is 2.23. The second-order valence-corrected chi connectivity index (χ2v) is 4.09. The summed E-state index contributed by atoms with van der Waals surface area (Å²) in [7, 11) is 0. The zero-order valence-electron chi connectivity index (χ0n) is 9.78.